The van der Waals surface area contributed by atoms with Gasteiger partial charge in [0.25, 0.3) is 0 Å². The topological polar surface area (TPSA) is 56.3 Å². The van der Waals surface area contributed by atoms with Gasteiger partial charge in [0.15, 0.2) is 0 Å². The standard InChI is InChI=1S/C16H22N4O/c1-19(9-11-8-18-20(2)10-11)15-6-12-4-5-13(21-3)7-14(12)16(15)17/h4-5,7-8,10,15-16H,6,9,17H2,1-3H3. The summed E-state index contributed by atoms with van der Waals surface area (Å²) in [4.78, 5) is 2.31. The van der Waals surface area contributed by atoms with Gasteiger partial charge >= 0.3 is 0 Å². The fourth-order valence-electron chi connectivity index (χ4n) is 3.14. The molecule has 5 heteroatoms. The molecule has 1 aliphatic carbocycles. The summed E-state index contributed by atoms with van der Waals surface area (Å²) in [5.74, 6) is 0.875. The Kier molecular flexibility index (Phi) is 3.69. The Morgan fingerprint density at radius 2 is 2.29 bits per heavy atom. The maximum absolute atomic E-state index is 6.46. The third kappa shape index (κ3) is 2.66. The molecule has 2 atom stereocenters. The van der Waals surface area contributed by atoms with Gasteiger partial charge < -0.3 is 10.5 Å². The van der Waals surface area contributed by atoms with Crippen molar-refractivity contribution < 1.29 is 4.74 Å². The smallest absolute Gasteiger partial charge is 0.119 e. The van der Waals surface area contributed by atoms with E-state index in [1.54, 1.807) is 7.11 Å². The van der Waals surface area contributed by atoms with Gasteiger partial charge in [0.2, 0.25) is 0 Å². The highest BCUT2D eigenvalue weighted by molar-refractivity contribution is 5.42. The second kappa shape index (κ2) is 5.50. The van der Waals surface area contributed by atoms with E-state index in [1.807, 2.05) is 30.2 Å². The van der Waals surface area contributed by atoms with E-state index in [1.165, 1.54) is 16.7 Å². The van der Waals surface area contributed by atoms with E-state index in [0.717, 1.165) is 18.7 Å². The van der Waals surface area contributed by atoms with Crippen LogP contribution in [0.3, 0.4) is 0 Å². The van der Waals surface area contributed by atoms with Crippen LogP contribution in [-0.2, 0) is 20.0 Å². The van der Waals surface area contributed by atoms with Crippen molar-refractivity contribution in [1.82, 2.24) is 14.7 Å². The number of hydrogen-bond donors (Lipinski definition) is 1. The van der Waals surface area contributed by atoms with Gasteiger partial charge in [0.1, 0.15) is 5.75 Å². The van der Waals surface area contributed by atoms with Crippen LogP contribution in [0.15, 0.2) is 30.6 Å². The van der Waals surface area contributed by atoms with Gasteiger partial charge in [-0.25, -0.2) is 0 Å². The van der Waals surface area contributed by atoms with Crippen molar-refractivity contribution in [2.24, 2.45) is 12.8 Å². The molecule has 0 radical (unpaired) electrons. The van der Waals surface area contributed by atoms with E-state index >= 15 is 0 Å². The van der Waals surface area contributed by atoms with Crippen molar-refractivity contribution in [1.29, 1.82) is 0 Å². The van der Waals surface area contributed by atoms with E-state index in [2.05, 4.69) is 29.2 Å². The molecule has 2 aromatic rings. The summed E-state index contributed by atoms with van der Waals surface area (Å²) >= 11 is 0. The lowest BCUT2D eigenvalue weighted by Gasteiger charge is -2.27. The fraction of sp³-hybridized carbons (Fsp3) is 0.438. The van der Waals surface area contributed by atoms with Crippen LogP contribution >= 0.6 is 0 Å². The number of nitrogens with two attached hydrogens (primary N) is 1. The molecule has 0 amide bonds. The number of aromatic nitrogens is 2. The lowest BCUT2D eigenvalue weighted by atomic mass is 10.1. The SMILES string of the molecule is COc1ccc2c(c1)C(N)C(N(C)Cc1cnn(C)c1)C2. The van der Waals surface area contributed by atoms with Crippen molar-refractivity contribution in [3.05, 3.63) is 47.3 Å². The summed E-state index contributed by atoms with van der Waals surface area (Å²) in [6.45, 7) is 0.858. The van der Waals surface area contributed by atoms with Gasteiger partial charge in [-0.1, -0.05) is 6.07 Å². The summed E-state index contributed by atoms with van der Waals surface area (Å²) in [5.41, 5.74) is 10.2. The zero-order chi connectivity index (χ0) is 15.0. The van der Waals surface area contributed by atoms with Crippen molar-refractivity contribution in [2.75, 3.05) is 14.2 Å². The van der Waals surface area contributed by atoms with Crippen LogP contribution in [0.1, 0.15) is 22.7 Å². The largest absolute Gasteiger partial charge is 0.497 e. The minimum Gasteiger partial charge on any atom is -0.497 e. The number of fused-ring (bicyclic) bond motifs is 1. The van der Waals surface area contributed by atoms with Crippen molar-refractivity contribution >= 4 is 0 Å². The molecule has 1 aliphatic rings. The fourth-order valence-corrected chi connectivity index (χ4v) is 3.14. The first-order valence-electron chi connectivity index (χ1n) is 7.18. The molecule has 3 rings (SSSR count). The normalized spacial score (nSPS) is 20.8. The van der Waals surface area contributed by atoms with Gasteiger partial charge in [-0.15, -0.1) is 0 Å². The van der Waals surface area contributed by atoms with Gasteiger partial charge in [-0.2, -0.15) is 5.10 Å². The Morgan fingerprint density at radius 1 is 1.48 bits per heavy atom. The number of nitrogens with zero attached hydrogens (tertiary/aromatic N) is 3. The molecule has 0 saturated carbocycles. The van der Waals surface area contributed by atoms with Crippen LogP contribution < -0.4 is 10.5 Å². The van der Waals surface area contributed by atoms with E-state index in [0.29, 0.717) is 6.04 Å². The Hall–Kier alpha value is -1.85. The minimum atomic E-state index is 0.0248. The maximum atomic E-state index is 6.46. The second-order valence-corrected chi connectivity index (χ2v) is 5.80. The lowest BCUT2D eigenvalue weighted by molar-refractivity contribution is 0.214. The van der Waals surface area contributed by atoms with Gasteiger partial charge in [0, 0.05) is 37.4 Å². The predicted molar refractivity (Wildman–Crippen MR) is 82.1 cm³/mol. The van der Waals surface area contributed by atoms with Gasteiger partial charge in [-0.05, 0) is 36.7 Å². The summed E-state index contributed by atoms with van der Waals surface area (Å²) in [6.07, 6.45) is 4.94. The highest BCUT2D eigenvalue weighted by Gasteiger charge is 2.32. The molecular weight excluding hydrogens is 264 g/mol. The Balaban J connectivity index is 1.75. The number of benzene rings is 1. The molecule has 112 valence electrons. The average Bonchev–Trinajstić information content (AvgIpc) is 3.02. The maximum Gasteiger partial charge on any atom is 0.119 e. The van der Waals surface area contributed by atoms with E-state index < -0.39 is 0 Å². The molecular formula is C16H22N4O. The number of methoxy groups -OCH3 is 1. The average molecular weight is 286 g/mol. The summed E-state index contributed by atoms with van der Waals surface area (Å²) in [5, 5.41) is 4.22. The number of likely N-dealkylation sites (N-methyl/N-ethyl adjacent to an activating group) is 1. The summed E-state index contributed by atoms with van der Waals surface area (Å²) in [6, 6.07) is 6.54. The molecule has 1 heterocycles. The molecule has 1 aromatic carbocycles. The van der Waals surface area contributed by atoms with Gasteiger partial charge in [-0.3, -0.25) is 9.58 Å². The number of rotatable bonds is 4. The first-order chi connectivity index (χ1) is 10.1. The molecule has 1 aromatic heterocycles. The molecule has 21 heavy (non-hydrogen) atoms. The van der Waals surface area contributed by atoms with Gasteiger partial charge in [0.05, 0.1) is 13.3 Å². The highest BCUT2D eigenvalue weighted by Crippen LogP contribution is 2.35. The Labute approximate surface area is 125 Å². The van der Waals surface area contributed by atoms with Crippen LogP contribution in [0.4, 0.5) is 0 Å². The third-order valence-corrected chi connectivity index (χ3v) is 4.31. The monoisotopic (exact) mass is 286 g/mol. The third-order valence-electron chi connectivity index (χ3n) is 4.31. The Bertz CT molecular complexity index is 637. The molecule has 5 nitrogen and oxygen atoms in total. The van der Waals surface area contributed by atoms with Crippen LogP contribution in [-0.4, -0.2) is 34.9 Å². The zero-order valence-electron chi connectivity index (χ0n) is 12.8. The number of hydrogen-bond acceptors (Lipinski definition) is 4. The quantitative estimate of drug-likeness (QED) is 0.925. The highest BCUT2D eigenvalue weighted by atomic mass is 16.5. The molecule has 0 saturated heterocycles. The van der Waals surface area contributed by atoms with Crippen LogP contribution in [0.25, 0.3) is 0 Å². The van der Waals surface area contributed by atoms with Crippen molar-refractivity contribution in [3.63, 3.8) is 0 Å². The van der Waals surface area contributed by atoms with E-state index in [9.17, 15) is 0 Å². The predicted octanol–water partition coefficient (Wildman–Crippen LogP) is 1.49. The molecule has 0 bridgehead atoms. The lowest BCUT2D eigenvalue weighted by Crippen LogP contribution is -2.37. The Morgan fingerprint density at radius 3 is 2.95 bits per heavy atom. The molecule has 0 fully saturated rings. The number of ether oxygens (including phenoxy) is 1. The molecule has 2 N–H and O–H groups in total. The molecule has 2 unspecified atom stereocenters. The van der Waals surface area contributed by atoms with Crippen LogP contribution in [0, 0.1) is 0 Å². The molecule has 0 aliphatic heterocycles. The second-order valence-electron chi connectivity index (χ2n) is 5.80. The van der Waals surface area contributed by atoms with E-state index in [-0.39, 0.29) is 6.04 Å². The van der Waals surface area contributed by atoms with Crippen LogP contribution in [0.2, 0.25) is 0 Å². The summed E-state index contributed by atoms with van der Waals surface area (Å²) in [7, 11) is 5.75. The first kappa shape index (κ1) is 14.1. The number of aryl methyl sites for hydroxylation is 1. The zero-order valence-corrected chi connectivity index (χ0v) is 12.8. The van der Waals surface area contributed by atoms with E-state index in [4.69, 9.17) is 10.5 Å². The van der Waals surface area contributed by atoms with Crippen molar-refractivity contribution in [2.45, 2.75) is 25.0 Å². The van der Waals surface area contributed by atoms with Crippen LogP contribution in [0.5, 0.6) is 5.75 Å². The first-order valence-corrected chi connectivity index (χ1v) is 7.18. The summed E-state index contributed by atoms with van der Waals surface area (Å²) < 4.78 is 7.13. The van der Waals surface area contributed by atoms with Crippen molar-refractivity contribution in [3.8, 4) is 5.75 Å². The minimum absolute atomic E-state index is 0.0248. The molecule has 0 spiro atoms.